The number of fused-ring (bicyclic) bond motifs is 1. The Morgan fingerprint density at radius 3 is 2.58 bits per heavy atom. The lowest BCUT2D eigenvalue weighted by atomic mass is 9.90. The summed E-state index contributed by atoms with van der Waals surface area (Å²) in [6, 6.07) is 10.7. The maximum absolute atomic E-state index is 12.7. The van der Waals surface area contributed by atoms with E-state index in [4.69, 9.17) is 26.8 Å². The predicted molar refractivity (Wildman–Crippen MR) is 118 cm³/mol. The Kier molecular flexibility index (Phi) is 6.34. The van der Waals surface area contributed by atoms with Crippen molar-refractivity contribution in [3.05, 3.63) is 52.5 Å². The van der Waals surface area contributed by atoms with E-state index >= 15 is 0 Å². The SMILES string of the molecule is CC(=O)N(Cc1cc(NC(=O)c2ccc3c(c2)OCO3)ccc1Cl)C1CCC(N)CC1. The molecular weight excluding hydrogens is 418 g/mol. The molecule has 0 atom stereocenters. The molecule has 2 aliphatic rings. The summed E-state index contributed by atoms with van der Waals surface area (Å²) < 4.78 is 10.6. The van der Waals surface area contributed by atoms with Crippen LogP contribution in [0.4, 0.5) is 5.69 Å². The highest BCUT2D eigenvalue weighted by molar-refractivity contribution is 6.31. The van der Waals surface area contributed by atoms with E-state index in [1.165, 1.54) is 0 Å². The van der Waals surface area contributed by atoms with E-state index in [0.717, 1.165) is 31.2 Å². The van der Waals surface area contributed by atoms with Gasteiger partial charge in [-0.3, -0.25) is 9.59 Å². The summed E-state index contributed by atoms with van der Waals surface area (Å²) in [6.45, 7) is 2.12. The Hall–Kier alpha value is -2.77. The van der Waals surface area contributed by atoms with E-state index in [0.29, 0.717) is 34.3 Å². The molecule has 8 heteroatoms. The molecule has 1 heterocycles. The predicted octanol–water partition coefficient (Wildman–Crippen LogP) is 3.94. The third kappa shape index (κ3) is 4.94. The molecular formula is C23H26ClN3O4. The number of anilines is 1. The van der Waals surface area contributed by atoms with Crippen molar-refractivity contribution in [3.63, 3.8) is 0 Å². The summed E-state index contributed by atoms with van der Waals surface area (Å²) in [5, 5.41) is 3.45. The van der Waals surface area contributed by atoms with E-state index in [1.54, 1.807) is 37.3 Å². The van der Waals surface area contributed by atoms with Crippen LogP contribution < -0.4 is 20.5 Å². The van der Waals surface area contributed by atoms with Crippen LogP contribution in [0.1, 0.15) is 48.5 Å². The number of hydrogen-bond donors (Lipinski definition) is 2. The summed E-state index contributed by atoms with van der Waals surface area (Å²) in [4.78, 5) is 26.9. The molecule has 0 bridgehead atoms. The molecule has 2 aromatic rings. The number of benzene rings is 2. The van der Waals surface area contributed by atoms with Gasteiger partial charge in [-0.05, 0) is 67.6 Å². The number of hydrogen-bond acceptors (Lipinski definition) is 5. The van der Waals surface area contributed by atoms with Gasteiger partial charge in [0.05, 0.1) is 0 Å². The van der Waals surface area contributed by atoms with Crippen LogP contribution in [0.2, 0.25) is 5.02 Å². The van der Waals surface area contributed by atoms with Crippen molar-refractivity contribution in [1.29, 1.82) is 0 Å². The van der Waals surface area contributed by atoms with Gasteiger partial charge in [0.25, 0.3) is 5.91 Å². The molecule has 31 heavy (non-hydrogen) atoms. The number of nitrogens with two attached hydrogens (primary N) is 1. The van der Waals surface area contributed by atoms with Crippen molar-refractivity contribution in [2.75, 3.05) is 12.1 Å². The van der Waals surface area contributed by atoms with Crippen LogP contribution in [-0.4, -0.2) is 35.6 Å². The molecule has 2 aromatic carbocycles. The van der Waals surface area contributed by atoms with Gasteiger partial charge in [0.2, 0.25) is 12.7 Å². The summed E-state index contributed by atoms with van der Waals surface area (Å²) in [6.07, 6.45) is 3.60. The normalized spacial score (nSPS) is 19.7. The third-order valence-corrected chi connectivity index (χ3v) is 6.23. The molecule has 1 aliphatic heterocycles. The van der Waals surface area contributed by atoms with Gasteiger partial charge in [-0.1, -0.05) is 11.6 Å². The Morgan fingerprint density at radius 2 is 1.84 bits per heavy atom. The van der Waals surface area contributed by atoms with Crippen molar-refractivity contribution in [2.24, 2.45) is 5.73 Å². The number of amides is 2. The maximum Gasteiger partial charge on any atom is 0.255 e. The molecule has 1 saturated carbocycles. The minimum Gasteiger partial charge on any atom is -0.454 e. The number of carbonyl (C=O) groups is 2. The van der Waals surface area contributed by atoms with Crippen molar-refractivity contribution < 1.29 is 19.1 Å². The number of halogens is 1. The Labute approximate surface area is 186 Å². The van der Waals surface area contributed by atoms with Crippen LogP contribution in [0.5, 0.6) is 11.5 Å². The highest BCUT2D eigenvalue weighted by Crippen LogP contribution is 2.33. The van der Waals surface area contributed by atoms with E-state index in [1.807, 2.05) is 11.0 Å². The summed E-state index contributed by atoms with van der Waals surface area (Å²) in [7, 11) is 0. The molecule has 1 fully saturated rings. The monoisotopic (exact) mass is 443 g/mol. The van der Waals surface area contributed by atoms with Crippen LogP contribution in [-0.2, 0) is 11.3 Å². The number of ether oxygens (including phenoxy) is 2. The van der Waals surface area contributed by atoms with E-state index in [9.17, 15) is 9.59 Å². The summed E-state index contributed by atoms with van der Waals surface area (Å²) >= 11 is 6.42. The average Bonchev–Trinajstić information content (AvgIpc) is 3.22. The third-order valence-electron chi connectivity index (χ3n) is 5.87. The van der Waals surface area contributed by atoms with Gasteiger partial charge < -0.3 is 25.4 Å². The highest BCUT2D eigenvalue weighted by atomic mass is 35.5. The zero-order chi connectivity index (χ0) is 22.0. The number of nitrogens with zero attached hydrogens (tertiary/aromatic N) is 1. The second-order valence-electron chi connectivity index (χ2n) is 8.04. The molecule has 4 rings (SSSR count). The molecule has 0 saturated heterocycles. The highest BCUT2D eigenvalue weighted by Gasteiger charge is 2.26. The first kappa shape index (κ1) is 21.5. The van der Waals surface area contributed by atoms with E-state index in [-0.39, 0.29) is 30.7 Å². The van der Waals surface area contributed by atoms with Gasteiger partial charge in [-0.15, -0.1) is 0 Å². The molecule has 0 radical (unpaired) electrons. The lowest BCUT2D eigenvalue weighted by Crippen LogP contribution is -2.42. The van der Waals surface area contributed by atoms with Gasteiger partial charge in [-0.2, -0.15) is 0 Å². The van der Waals surface area contributed by atoms with Crippen molar-refractivity contribution in [3.8, 4) is 11.5 Å². The molecule has 0 unspecified atom stereocenters. The van der Waals surface area contributed by atoms with Gasteiger partial charge in [0, 0.05) is 41.8 Å². The van der Waals surface area contributed by atoms with E-state index < -0.39 is 0 Å². The van der Waals surface area contributed by atoms with Crippen molar-refractivity contribution in [1.82, 2.24) is 4.90 Å². The van der Waals surface area contributed by atoms with Crippen LogP contribution in [0.3, 0.4) is 0 Å². The second kappa shape index (κ2) is 9.16. The molecule has 0 spiro atoms. The van der Waals surface area contributed by atoms with Crippen LogP contribution in [0.15, 0.2) is 36.4 Å². The largest absolute Gasteiger partial charge is 0.454 e. The van der Waals surface area contributed by atoms with Crippen LogP contribution in [0.25, 0.3) is 0 Å². The minimum atomic E-state index is -0.267. The lowest BCUT2D eigenvalue weighted by Gasteiger charge is -2.35. The number of rotatable bonds is 5. The number of carbonyl (C=O) groups excluding carboxylic acids is 2. The fourth-order valence-corrected chi connectivity index (χ4v) is 4.29. The van der Waals surface area contributed by atoms with Crippen LogP contribution >= 0.6 is 11.6 Å². The smallest absolute Gasteiger partial charge is 0.255 e. The quantitative estimate of drug-likeness (QED) is 0.730. The Bertz CT molecular complexity index is 989. The first-order valence-corrected chi connectivity index (χ1v) is 10.8. The fraction of sp³-hybridized carbons (Fsp3) is 0.391. The standard InChI is InChI=1S/C23H26ClN3O4/c1-14(28)27(19-6-3-17(25)4-7-19)12-16-10-18(5-8-20(16)24)26-23(29)15-2-9-21-22(11-15)31-13-30-21/h2,5,8-11,17,19H,3-4,6-7,12-13,25H2,1H3,(H,26,29). The van der Waals surface area contributed by atoms with Crippen molar-refractivity contribution in [2.45, 2.75) is 51.2 Å². The zero-order valence-electron chi connectivity index (χ0n) is 17.4. The summed E-state index contributed by atoms with van der Waals surface area (Å²) in [5.74, 6) is 0.912. The maximum atomic E-state index is 12.7. The molecule has 0 aromatic heterocycles. The first-order chi connectivity index (χ1) is 14.9. The minimum absolute atomic E-state index is 0.00587. The molecule has 2 amide bonds. The lowest BCUT2D eigenvalue weighted by molar-refractivity contribution is -0.132. The fourth-order valence-electron chi connectivity index (χ4n) is 4.11. The first-order valence-electron chi connectivity index (χ1n) is 10.4. The Morgan fingerprint density at radius 1 is 1.10 bits per heavy atom. The molecule has 3 N–H and O–H groups in total. The van der Waals surface area contributed by atoms with Gasteiger partial charge in [-0.25, -0.2) is 0 Å². The topological polar surface area (TPSA) is 93.9 Å². The zero-order valence-corrected chi connectivity index (χ0v) is 18.2. The average molecular weight is 444 g/mol. The molecule has 7 nitrogen and oxygen atoms in total. The van der Waals surface area contributed by atoms with Gasteiger partial charge in [0.1, 0.15) is 0 Å². The molecule has 164 valence electrons. The number of nitrogens with one attached hydrogen (secondary N) is 1. The molecule has 1 aliphatic carbocycles. The van der Waals surface area contributed by atoms with Gasteiger partial charge >= 0.3 is 0 Å². The van der Waals surface area contributed by atoms with E-state index in [2.05, 4.69) is 5.32 Å². The van der Waals surface area contributed by atoms with Crippen molar-refractivity contribution >= 4 is 29.1 Å². The second-order valence-corrected chi connectivity index (χ2v) is 8.45. The van der Waals surface area contributed by atoms with Gasteiger partial charge in [0.15, 0.2) is 11.5 Å². The Balaban J connectivity index is 1.48. The van der Waals surface area contributed by atoms with Crippen LogP contribution in [0, 0.1) is 0 Å². The summed E-state index contributed by atoms with van der Waals surface area (Å²) in [5.41, 5.74) is 7.87.